The summed E-state index contributed by atoms with van der Waals surface area (Å²) in [7, 11) is 1.82. The fourth-order valence-electron chi connectivity index (χ4n) is 2.14. The lowest BCUT2D eigenvalue weighted by Crippen LogP contribution is -2.21. The van der Waals surface area contributed by atoms with Crippen LogP contribution < -0.4 is 11.1 Å². The molecule has 0 spiro atoms. The van der Waals surface area contributed by atoms with Crippen molar-refractivity contribution in [2.75, 3.05) is 12.8 Å². The highest BCUT2D eigenvalue weighted by Gasteiger charge is 2.16. The number of rotatable bonds is 4. The van der Waals surface area contributed by atoms with E-state index in [4.69, 9.17) is 5.73 Å². The summed E-state index contributed by atoms with van der Waals surface area (Å²) in [4.78, 5) is 4.06. The smallest absolute Gasteiger partial charge is 0.130 e. The van der Waals surface area contributed by atoms with E-state index in [1.54, 1.807) is 37.5 Å². The van der Waals surface area contributed by atoms with Crippen LogP contribution in [0.1, 0.15) is 22.7 Å². The predicted octanol–water partition coefficient (Wildman–Crippen LogP) is 2.61. The van der Waals surface area contributed by atoms with Crippen molar-refractivity contribution >= 4 is 5.69 Å². The van der Waals surface area contributed by atoms with Crippen molar-refractivity contribution in [3.63, 3.8) is 0 Å². The van der Waals surface area contributed by atoms with Crippen LogP contribution in [-0.2, 0) is 6.42 Å². The maximum atomic E-state index is 14.2. The Morgan fingerprint density at radius 2 is 2.16 bits per heavy atom. The summed E-state index contributed by atoms with van der Waals surface area (Å²) in [6, 6.07) is 7.07. The lowest BCUT2D eigenvalue weighted by atomic mass is 9.97. The van der Waals surface area contributed by atoms with Crippen molar-refractivity contribution in [1.29, 1.82) is 0 Å². The van der Waals surface area contributed by atoms with Crippen molar-refractivity contribution in [2.45, 2.75) is 19.4 Å². The average Bonchev–Trinajstić information content (AvgIpc) is 2.41. The van der Waals surface area contributed by atoms with Gasteiger partial charge in [-0.3, -0.25) is 4.98 Å². The van der Waals surface area contributed by atoms with Crippen LogP contribution in [0.2, 0.25) is 0 Å². The molecule has 0 aliphatic rings. The second-order valence-electron chi connectivity index (χ2n) is 4.60. The van der Waals surface area contributed by atoms with E-state index in [9.17, 15) is 4.39 Å². The highest BCUT2D eigenvalue weighted by Crippen LogP contribution is 2.24. The summed E-state index contributed by atoms with van der Waals surface area (Å²) in [6.45, 7) is 1.77. The van der Waals surface area contributed by atoms with Gasteiger partial charge in [0.05, 0.1) is 0 Å². The van der Waals surface area contributed by atoms with Crippen LogP contribution in [0.3, 0.4) is 0 Å². The molecular formula is C15H18FN3. The van der Waals surface area contributed by atoms with Gasteiger partial charge in [-0.05, 0) is 37.6 Å². The second kappa shape index (κ2) is 5.80. The Balaban J connectivity index is 2.31. The number of nitrogen functional groups attached to an aromatic ring is 1. The number of halogens is 1. The monoisotopic (exact) mass is 259 g/mol. The molecule has 19 heavy (non-hydrogen) atoms. The standard InChI is InChI=1S/C15H18FN3/c1-10-4-3-5-12(15(10)16)14(18-2)8-11-9-19-7-6-13(11)17/h3-7,9,14,18H,8H2,1-2H3,(H2,17,19). The van der Waals surface area contributed by atoms with Crippen molar-refractivity contribution in [2.24, 2.45) is 0 Å². The van der Waals surface area contributed by atoms with Gasteiger partial charge in [-0.1, -0.05) is 18.2 Å². The van der Waals surface area contributed by atoms with Gasteiger partial charge in [0.25, 0.3) is 0 Å². The van der Waals surface area contributed by atoms with Gasteiger partial charge in [0.1, 0.15) is 5.82 Å². The third-order valence-electron chi connectivity index (χ3n) is 3.31. The third kappa shape index (κ3) is 2.90. The average molecular weight is 259 g/mol. The van der Waals surface area contributed by atoms with Crippen molar-refractivity contribution in [3.05, 3.63) is 59.2 Å². The molecule has 0 bridgehead atoms. The highest BCUT2D eigenvalue weighted by atomic mass is 19.1. The molecular weight excluding hydrogens is 241 g/mol. The molecule has 1 heterocycles. The molecule has 2 aromatic rings. The molecule has 4 heteroatoms. The first-order valence-corrected chi connectivity index (χ1v) is 6.24. The fraction of sp³-hybridized carbons (Fsp3) is 0.267. The Morgan fingerprint density at radius 1 is 1.37 bits per heavy atom. The second-order valence-corrected chi connectivity index (χ2v) is 4.60. The van der Waals surface area contributed by atoms with E-state index in [0.717, 1.165) is 5.56 Å². The molecule has 0 amide bonds. The summed E-state index contributed by atoms with van der Waals surface area (Å²) < 4.78 is 14.2. The van der Waals surface area contributed by atoms with E-state index in [1.807, 2.05) is 13.1 Å². The summed E-state index contributed by atoms with van der Waals surface area (Å²) in [5.74, 6) is -0.163. The summed E-state index contributed by atoms with van der Waals surface area (Å²) in [5, 5.41) is 3.14. The van der Waals surface area contributed by atoms with Crippen LogP contribution in [0.15, 0.2) is 36.7 Å². The van der Waals surface area contributed by atoms with Crippen LogP contribution in [0.4, 0.5) is 10.1 Å². The number of nitrogens with one attached hydrogen (secondary N) is 1. The predicted molar refractivity (Wildman–Crippen MR) is 75.3 cm³/mol. The SMILES string of the molecule is CNC(Cc1cnccc1N)c1cccc(C)c1F. The van der Waals surface area contributed by atoms with Gasteiger partial charge in [-0.25, -0.2) is 4.39 Å². The zero-order chi connectivity index (χ0) is 13.8. The van der Waals surface area contributed by atoms with Gasteiger partial charge >= 0.3 is 0 Å². The van der Waals surface area contributed by atoms with E-state index in [2.05, 4.69) is 10.3 Å². The topological polar surface area (TPSA) is 50.9 Å². The van der Waals surface area contributed by atoms with E-state index < -0.39 is 0 Å². The minimum absolute atomic E-state index is 0.119. The molecule has 3 N–H and O–H groups in total. The lowest BCUT2D eigenvalue weighted by molar-refractivity contribution is 0.529. The van der Waals surface area contributed by atoms with Gasteiger partial charge in [-0.15, -0.1) is 0 Å². The molecule has 0 aliphatic carbocycles. The minimum Gasteiger partial charge on any atom is -0.398 e. The van der Waals surface area contributed by atoms with Crippen molar-refractivity contribution in [1.82, 2.24) is 10.3 Å². The Hall–Kier alpha value is -1.94. The van der Waals surface area contributed by atoms with Crippen LogP contribution in [-0.4, -0.2) is 12.0 Å². The Labute approximate surface area is 112 Å². The van der Waals surface area contributed by atoms with Crippen LogP contribution in [0.5, 0.6) is 0 Å². The first kappa shape index (κ1) is 13.5. The van der Waals surface area contributed by atoms with Crippen LogP contribution in [0.25, 0.3) is 0 Å². The Morgan fingerprint density at radius 3 is 2.84 bits per heavy atom. The third-order valence-corrected chi connectivity index (χ3v) is 3.31. The fourth-order valence-corrected chi connectivity index (χ4v) is 2.14. The van der Waals surface area contributed by atoms with Crippen LogP contribution in [0, 0.1) is 12.7 Å². The van der Waals surface area contributed by atoms with Crippen molar-refractivity contribution in [3.8, 4) is 0 Å². The molecule has 0 fully saturated rings. The maximum absolute atomic E-state index is 14.2. The minimum atomic E-state index is -0.163. The first-order valence-electron chi connectivity index (χ1n) is 6.24. The number of likely N-dealkylation sites (N-methyl/N-ethyl adjacent to an activating group) is 1. The molecule has 3 nitrogen and oxygen atoms in total. The number of hydrogen-bond acceptors (Lipinski definition) is 3. The molecule has 0 saturated carbocycles. The van der Waals surface area contributed by atoms with Crippen molar-refractivity contribution < 1.29 is 4.39 Å². The molecule has 1 aromatic heterocycles. The molecule has 1 aromatic carbocycles. The van der Waals surface area contributed by atoms with E-state index in [0.29, 0.717) is 23.2 Å². The molecule has 1 atom stereocenters. The summed E-state index contributed by atoms with van der Waals surface area (Å²) >= 11 is 0. The Bertz CT molecular complexity index is 569. The molecule has 0 saturated heterocycles. The molecule has 100 valence electrons. The summed E-state index contributed by atoms with van der Waals surface area (Å²) in [5.41, 5.74) is 8.82. The number of aromatic nitrogens is 1. The molecule has 2 rings (SSSR count). The number of pyridine rings is 1. The number of aryl methyl sites for hydroxylation is 1. The number of nitrogens with two attached hydrogens (primary N) is 1. The van der Waals surface area contributed by atoms with Gasteiger partial charge < -0.3 is 11.1 Å². The van der Waals surface area contributed by atoms with Crippen LogP contribution >= 0.6 is 0 Å². The number of anilines is 1. The first-order chi connectivity index (χ1) is 9.13. The lowest BCUT2D eigenvalue weighted by Gasteiger charge is -2.19. The van der Waals surface area contributed by atoms with E-state index in [1.165, 1.54) is 0 Å². The van der Waals surface area contributed by atoms with Gasteiger partial charge in [0, 0.05) is 29.7 Å². The largest absolute Gasteiger partial charge is 0.398 e. The quantitative estimate of drug-likeness (QED) is 0.887. The van der Waals surface area contributed by atoms with E-state index >= 15 is 0 Å². The maximum Gasteiger partial charge on any atom is 0.130 e. The molecule has 0 radical (unpaired) electrons. The number of nitrogens with zero attached hydrogens (tertiary/aromatic N) is 1. The van der Waals surface area contributed by atoms with E-state index in [-0.39, 0.29) is 11.9 Å². The Kier molecular flexibility index (Phi) is 4.12. The molecule has 1 unspecified atom stereocenters. The normalized spacial score (nSPS) is 12.4. The number of hydrogen-bond donors (Lipinski definition) is 2. The zero-order valence-corrected chi connectivity index (χ0v) is 11.2. The van der Waals surface area contributed by atoms with Gasteiger partial charge in [0.15, 0.2) is 0 Å². The number of benzene rings is 1. The highest BCUT2D eigenvalue weighted by molar-refractivity contribution is 5.45. The summed E-state index contributed by atoms with van der Waals surface area (Å²) in [6.07, 6.45) is 3.99. The van der Waals surface area contributed by atoms with Gasteiger partial charge in [-0.2, -0.15) is 0 Å². The zero-order valence-electron chi connectivity index (χ0n) is 11.2. The molecule has 0 aliphatic heterocycles. The van der Waals surface area contributed by atoms with Gasteiger partial charge in [0.2, 0.25) is 0 Å².